The highest BCUT2D eigenvalue weighted by molar-refractivity contribution is 6.69. The Kier molecular flexibility index (Phi) is 10.6. The Morgan fingerprint density at radius 1 is 0.882 bits per heavy atom. The molecule has 0 aliphatic heterocycles. The molecule has 0 aliphatic carbocycles. The molecule has 0 aromatic carbocycles. The number of hydrogen-bond donors (Lipinski definition) is 0. The van der Waals surface area contributed by atoms with Crippen LogP contribution < -0.4 is 0 Å². The lowest BCUT2D eigenvalue weighted by molar-refractivity contribution is 0.298. The topological polar surface area (TPSA) is 9.23 Å². The summed E-state index contributed by atoms with van der Waals surface area (Å²) in [5.74, 6) is 0. The van der Waals surface area contributed by atoms with Crippen LogP contribution in [0.1, 0.15) is 45.4 Å². The maximum Gasteiger partial charge on any atom is 0.183 e. The van der Waals surface area contributed by atoms with E-state index in [1.807, 2.05) is 6.92 Å². The Balaban J connectivity index is 3.14. The van der Waals surface area contributed by atoms with Crippen molar-refractivity contribution in [2.45, 2.75) is 65.1 Å². The highest BCUT2D eigenvalue weighted by Gasteiger charge is 2.12. The van der Waals surface area contributed by atoms with Crippen molar-refractivity contribution in [3.05, 3.63) is 24.3 Å². The minimum absolute atomic E-state index is 0.969. The molecule has 0 atom stereocenters. The van der Waals surface area contributed by atoms with Gasteiger partial charge in [0.15, 0.2) is 8.32 Å². The molecule has 1 nitrogen and oxygen atoms in total. The van der Waals surface area contributed by atoms with Gasteiger partial charge < -0.3 is 4.43 Å². The molecule has 0 aliphatic rings. The van der Waals surface area contributed by atoms with Crippen LogP contribution in [0.4, 0.5) is 0 Å². The standard InChI is InChI=1S/C15H30OSi/c1-5-6-7-8-9-10-11-12-13-14-15-16-17(2,3)4/h5-8H,9-15H2,1-4H3. The highest BCUT2D eigenvalue weighted by atomic mass is 28.4. The molecule has 2 heteroatoms. The van der Waals surface area contributed by atoms with Gasteiger partial charge in [0, 0.05) is 6.61 Å². The maximum atomic E-state index is 5.82. The molecule has 0 radical (unpaired) electrons. The minimum atomic E-state index is -1.27. The first kappa shape index (κ1) is 16.7. The van der Waals surface area contributed by atoms with Crippen LogP contribution in [-0.4, -0.2) is 14.9 Å². The van der Waals surface area contributed by atoms with Crippen molar-refractivity contribution in [1.82, 2.24) is 0 Å². The molecule has 0 aromatic heterocycles. The van der Waals surface area contributed by atoms with Gasteiger partial charge in [-0.15, -0.1) is 0 Å². The van der Waals surface area contributed by atoms with Gasteiger partial charge in [-0.2, -0.15) is 0 Å². The SMILES string of the molecule is CC=CC=CCCCCCCCO[Si](C)(C)C. The van der Waals surface area contributed by atoms with Crippen LogP contribution in [0.15, 0.2) is 24.3 Å². The minimum Gasteiger partial charge on any atom is -0.418 e. The molecule has 0 bridgehead atoms. The first-order valence-corrected chi connectivity index (χ1v) is 10.4. The lowest BCUT2D eigenvalue weighted by Gasteiger charge is -2.16. The van der Waals surface area contributed by atoms with Gasteiger partial charge in [-0.3, -0.25) is 0 Å². The van der Waals surface area contributed by atoms with E-state index in [1.165, 1.54) is 38.5 Å². The van der Waals surface area contributed by atoms with E-state index >= 15 is 0 Å². The lowest BCUT2D eigenvalue weighted by atomic mass is 10.1. The summed E-state index contributed by atoms with van der Waals surface area (Å²) in [6.45, 7) is 9.78. The third-order valence-corrected chi connectivity index (χ3v) is 3.56. The molecule has 0 amide bonds. The first-order valence-electron chi connectivity index (χ1n) is 6.98. The number of hydrogen-bond acceptors (Lipinski definition) is 1. The summed E-state index contributed by atoms with van der Waals surface area (Å²) in [5.41, 5.74) is 0. The number of unbranched alkanes of at least 4 members (excludes halogenated alkanes) is 5. The van der Waals surface area contributed by atoms with E-state index in [0.29, 0.717) is 0 Å². The van der Waals surface area contributed by atoms with Crippen molar-refractivity contribution in [3.8, 4) is 0 Å². The van der Waals surface area contributed by atoms with Crippen molar-refractivity contribution in [1.29, 1.82) is 0 Å². The Morgan fingerprint density at radius 3 is 2.18 bits per heavy atom. The summed E-state index contributed by atoms with van der Waals surface area (Å²) >= 11 is 0. The van der Waals surface area contributed by atoms with Crippen molar-refractivity contribution in [2.75, 3.05) is 6.61 Å². The zero-order chi connectivity index (χ0) is 13.0. The van der Waals surface area contributed by atoms with Crippen molar-refractivity contribution < 1.29 is 4.43 Å². The molecular weight excluding hydrogens is 224 g/mol. The third kappa shape index (κ3) is 15.7. The average Bonchev–Trinajstić information content (AvgIpc) is 2.24. The van der Waals surface area contributed by atoms with Crippen LogP contribution in [0.3, 0.4) is 0 Å². The summed E-state index contributed by atoms with van der Waals surface area (Å²) in [4.78, 5) is 0. The van der Waals surface area contributed by atoms with Gasteiger partial charge in [0.05, 0.1) is 0 Å². The molecule has 0 rings (SSSR count). The van der Waals surface area contributed by atoms with Crippen LogP contribution in [0.25, 0.3) is 0 Å². The summed E-state index contributed by atoms with van der Waals surface area (Å²) in [5, 5.41) is 0. The number of allylic oxidation sites excluding steroid dienone is 4. The van der Waals surface area contributed by atoms with E-state index in [2.05, 4.69) is 43.9 Å². The predicted molar refractivity (Wildman–Crippen MR) is 81.0 cm³/mol. The van der Waals surface area contributed by atoms with Crippen molar-refractivity contribution >= 4 is 8.32 Å². The fraction of sp³-hybridized carbons (Fsp3) is 0.733. The summed E-state index contributed by atoms with van der Waals surface area (Å²) in [7, 11) is -1.27. The molecule has 0 saturated carbocycles. The second kappa shape index (κ2) is 10.8. The largest absolute Gasteiger partial charge is 0.418 e. The van der Waals surface area contributed by atoms with Crippen molar-refractivity contribution in [3.63, 3.8) is 0 Å². The Bertz CT molecular complexity index is 213. The molecular formula is C15H30OSi. The molecule has 0 N–H and O–H groups in total. The van der Waals surface area contributed by atoms with Gasteiger partial charge in [-0.05, 0) is 45.8 Å². The fourth-order valence-electron chi connectivity index (χ4n) is 1.56. The van der Waals surface area contributed by atoms with Gasteiger partial charge in [-0.25, -0.2) is 0 Å². The van der Waals surface area contributed by atoms with E-state index < -0.39 is 8.32 Å². The van der Waals surface area contributed by atoms with Crippen LogP contribution in [0.5, 0.6) is 0 Å². The zero-order valence-electron chi connectivity index (χ0n) is 12.2. The Morgan fingerprint density at radius 2 is 1.53 bits per heavy atom. The van der Waals surface area contributed by atoms with Gasteiger partial charge in [0.25, 0.3) is 0 Å². The lowest BCUT2D eigenvalue weighted by Crippen LogP contribution is -2.25. The van der Waals surface area contributed by atoms with Gasteiger partial charge in [-0.1, -0.05) is 43.6 Å². The summed E-state index contributed by atoms with van der Waals surface area (Å²) < 4.78 is 5.82. The van der Waals surface area contributed by atoms with E-state index in [-0.39, 0.29) is 0 Å². The maximum absolute atomic E-state index is 5.82. The van der Waals surface area contributed by atoms with Gasteiger partial charge in [0.2, 0.25) is 0 Å². The van der Waals surface area contributed by atoms with Crippen LogP contribution >= 0.6 is 0 Å². The fourth-order valence-corrected chi connectivity index (χ4v) is 2.32. The zero-order valence-corrected chi connectivity index (χ0v) is 13.2. The second-order valence-corrected chi connectivity index (χ2v) is 9.98. The van der Waals surface area contributed by atoms with Crippen LogP contribution in [-0.2, 0) is 4.43 Å². The van der Waals surface area contributed by atoms with Gasteiger partial charge in [0.1, 0.15) is 0 Å². The Labute approximate surface area is 109 Å². The molecule has 0 aromatic rings. The van der Waals surface area contributed by atoms with Crippen molar-refractivity contribution in [2.24, 2.45) is 0 Å². The second-order valence-electron chi connectivity index (χ2n) is 5.47. The quantitative estimate of drug-likeness (QED) is 0.291. The monoisotopic (exact) mass is 254 g/mol. The molecule has 0 saturated heterocycles. The average molecular weight is 254 g/mol. The molecule has 17 heavy (non-hydrogen) atoms. The predicted octanol–water partition coefficient (Wildman–Crippen LogP) is 5.31. The third-order valence-electron chi connectivity index (χ3n) is 2.49. The Hall–Kier alpha value is -0.343. The number of rotatable bonds is 10. The molecule has 0 unspecified atom stereocenters. The highest BCUT2D eigenvalue weighted by Crippen LogP contribution is 2.08. The summed E-state index contributed by atoms with van der Waals surface area (Å²) in [6.07, 6.45) is 16.4. The van der Waals surface area contributed by atoms with E-state index in [9.17, 15) is 0 Å². The molecule has 0 spiro atoms. The molecule has 0 fully saturated rings. The van der Waals surface area contributed by atoms with Gasteiger partial charge >= 0.3 is 0 Å². The summed E-state index contributed by atoms with van der Waals surface area (Å²) in [6, 6.07) is 0. The van der Waals surface area contributed by atoms with Crippen LogP contribution in [0.2, 0.25) is 19.6 Å². The van der Waals surface area contributed by atoms with Crippen LogP contribution in [0, 0.1) is 0 Å². The normalized spacial score (nSPS) is 12.9. The first-order chi connectivity index (χ1) is 8.06. The smallest absolute Gasteiger partial charge is 0.183 e. The molecule has 0 heterocycles. The van der Waals surface area contributed by atoms with E-state index in [4.69, 9.17) is 4.43 Å². The van der Waals surface area contributed by atoms with E-state index in [0.717, 1.165) is 6.61 Å². The van der Waals surface area contributed by atoms with E-state index in [1.54, 1.807) is 0 Å². The molecule has 100 valence electrons.